The van der Waals surface area contributed by atoms with E-state index < -0.39 is 21.2 Å². The molecule has 71 valence electrons. The van der Waals surface area contributed by atoms with Gasteiger partial charge in [0.25, 0.3) is 11.4 Å². The van der Waals surface area contributed by atoms with Crippen molar-refractivity contribution in [2.75, 3.05) is 0 Å². The third kappa shape index (κ3) is 1.89. The van der Waals surface area contributed by atoms with Crippen LogP contribution >= 0.6 is 0 Å². The fourth-order valence-electron chi connectivity index (χ4n) is 0.865. The number of rotatable bonds is 3. The van der Waals surface area contributed by atoms with Crippen molar-refractivity contribution in [1.29, 1.82) is 0 Å². The predicted molar refractivity (Wildman–Crippen MR) is 44.5 cm³/mol. The molecule has 1 radical (unpaired) electrons. The molecular weight excluding hydrogens is 192 g/mol. The van der Waals surface area contributed by atoms with Gasteiger partial charge in [-0.3, -0.25) is 25.0 Å². The van der Waals surface area contributed by atoms with E-state index in [0.717, 1.165) is 18.2 Å². The molecule has 14 heavy (non-hydrogen) atoms. The number of benzene rings is 1. The summed E-state index contributed by atoms with van der Waals surface area (Å²) in [7, 11) is 0. The van der Waals surface area contributed by atoms with Crippen LogP contribution in [0.2, 0.25) is 0 Å². The van der Waals surface area contributed by atoms with E-state index in [1.54, 1.807) is 0 Å². The molecule has 7 nitrogen and oxygen atoms in total. The van der Waals surface area contributed by atoms with E-state index in [-0.39, 0.29) is 5.56 Å². The van der Waals surface area contributed by atoms with E-state index in [2.05, 4.69) is 0 Å². The first kappa shape index (κ1) is 9.78. The first-order valence-electron chi connectivity index (χ1n) is 3.36. The highest BCUT2D eigenvalue weighted by Gasteiger charge is 2.15. The molecule has 0 aliphatic heterocycles. The van der Waals surface area contributed by atoms with Crippen molar-refractivity contribution in [3.8, 4) is 0 Å². The molecule has 0 spiro atoms. The van der Waals surface area contributed by atoms with Crippen LogP contribution in [0.4, 0.5) is 11.4 Å². The molecular formula is C7H3N2O5. The number of carbonyl (C=O) groups excluding carboxylic acids is 1. The minimum atomic E-state index is -0.812. The Morgan fingerprint density at radius 1 is 1.00 bits per heavy atom. The Morgan fingerprint density at radius 3 is 1.71 bits per heavy atom. The van der Waals surface area contributed by atoms with Crippen LogP contribution < -0.4 is 0 Å². The third-order valence-electron chi connectivity index (χ3n) is 1.44. The zero-order valence-electron chi connectivity index (χ0n) is 6.67. The monoisotopic (exact) mass is 195 g/mol. The molecule has 0 amide bonds. The number of nitro groups is 2. The maximum absolute atomic E-state index is 10.3. The Bertz CT molecular complexity index is 382. The van der Waals surface area contributed by atoms with Gasteiger partial charge in [-0.1, -0.05) is 0 Å². The van der Waals surface area contributed by atoms with E-state index in [4.69, 9.17) is 0 Å². The molecule has 1 aromatic carbocycles. The van der Waals surface area contributed by atoms with Crippen LogP contribution in [0.25, 0.3) is 0 Å². The van der Waals surface area contributed by atoms with E-state index in [0.29, 0.717) is 0 Å². The van der Waals surface area contributed by atoms with E-state index in [9.17, 15) is 25.0 Å². The molecule has 0 aromatic heterocycles. The SMILES string of the molecule is O=[C]c1cc([N+](=O)[O-])cc([N+](=O)[O-])c1. The fraction of sp³-hybridized carbons (Fsp3) is 0. The van der Waals surface area contributed by atoms with Crippen molar-refractivity contribution >= 4 is 17.7 Å². The van der Waals surface area contributed by atoms with Gasteiger partial charge in [-0.2, -0.15) is 0 Å². The van der Waals surface area contributed by atoms with Gasteiger partial charge in [0.2, 0.25) is 6.29 Å². The Hall–Kier alpha value is -2.31. The van der Waals surface area contributed by atoms with Crippen LogP contribution in [0.5, 0.6) is 0 Å². The van der Waals surface area contributed by atoms with Crippen LogP contribution in [-0.4, -0.2) is 16.1 Å². The lowest BCUT2D eigenvalue weighted by Crippen LogP contribution is -1.94. The summed E-state index contributed by atoms with van der Waals surface area (Å²) in [6.45, 7) is 0. The molecule has 0 N–H and O–H groups in total. The first-order chi connectivity index (χ1) is 6.54. The van der Waals surface area contributed by atoms with Gasteiger partial charge in [-0.15, -0.1) is 0 Å². The molecule has 0 saturated heterocycles. The largest absolute Gasteiger partial charge is 0.285 e. The first-order valence-corrected chi connectivity index (χ1v) is 3.36. The normalized spacial score (nSPS) is 9.43. The van der Waals surface area contributed by atoms with Gasteiger partial charge in [-0.05, 0) is 0 Å². The van der Waals surface area contributed by atoms with Crippen molar-refractivity contribution in [2.45, 2.75) is 0 Å². The number of nitrogens with zero attached hydrogens (tertiary/aromatic N) is 2. The van der Waals surface area contributed by atoms with Crippen molar-refractivity contribution < 1.29 is 14.6 Å². The average Bonchev–Trinajstić information content (AvgIpc) is 2.16. The van der Waals surface area contributed by atoms with Crippen LogP contribution in [-0.2, 0) is 4.79 Å². The maximum atomic E-state index is 10.3. The Balaban J connectivity index is 3.34. The van der Waals surface area contributed by atoms with Gasteiger partial charge in [0.1, 0.15) is 0 Å². The lowest BCUT2D eigenvalue weighted by Gasteiger charge is -1.93. The van der Waals surface area contributed by atoms with Crippen molar-refractivity contribution in [3.05, 3.63) is 44.0 Å². The molecule has 0 heterocycles. The molecule has 0 bridgehead atoms. The highest BCUT2D eigenvalue weighted by Crippen LogP contribution is 2.21. The topological polar surface area (TPSA) is 103 Å². The number of nitro benzene ring substituents is 2. The second kappa shape index (κ2) is 3.60. The van der Waals surface area contributed by atoms with Gasteiger partial charge < -0.3 is 0 Å². The lowest BCUT2D eigenvalue weighted by atomic mass is 10.2. The summed E-state index contributed by atoms with van der Waals surface area (Å²) in [5.41, 5.74) is -1.22. The van der Waals surface area contributed by atoms with Crippen molar-refractivity contribution in [2.24, 2.45) is 0 Å². The van der Waals surface area contributed by atoms with Gasteiger partial charge in [0, 0.05) is 17.7 Å². The second-order valence-electron chi connectivity index (χ2n) is 2.35. The number of hydrogen-bond acceptors (Lipinski definition) is 5. The summed E-state index contributed by atoms with van der Waals surface area (Å²) < 4.78 is 0. The summed E-state index contributed by atoms with van der Waals surface area (Å²) in [5.74, 6) is 0. The highest BCUT2D eigenvalue weighted by molar-refractivity contribution is 5.78. The minimum Gasteiger partial charge on any atom is -0.285 e. The van der Waals surface area contributed by atoms with Crippen molar-refractivity contribution in [1.82, 2.24) is 0 Å². The molecule has 1 rings (SSSR count). The molecule has 0 saturated carbocycles. The number of hydrogen-bond donors (Lipinski definition) is 0. The summed E-state index contributed by atoms with van der Waals surface area (Å²) in [6.07, 6.45) is 1.36. The average molecular weight is 195 g/mol. The van der Waals surface area contributed by atoms with Crippen LogP contribution in [0.15, 0.2) is 18.2 Å². The summed E-state index contributed by atoms with van der Waals surface area (Å²) >= 11 is 0. The van der Waals surface area contributed by atoms with Gasteiger partial charge >= 0.3 is 0 Å². The lowest BCUT2D eigenvalue weighted by molar-refractivity contribution is -0.394. The van der Waals surface area contributed by atoms with Crippen molar-refractivity contribution in [3.63, 3.8) is 0 Å². The van der Waals surface area contributed by atoms with Gasteiger partial charge in [0.15, 0.2) is 0 Å². The van der Waals surface area contributed by atoms with Crippen LogP contribution in [0.3, 0.4) is 0 Å². The summed E-state index contributed by atoms with van der Waals surface area (Å²) in [6, 6.07) is 2.61. The van der Waals surface area contributed by atoms with E-state index in [1.165, 1.54) is 6.29 Å². The third-order valence-corrected chi connectivity index (χ3v) is 1.44. The van der Waals surface area contributed by atoms with E-state index >= 15 is 0 Å². The van der Waals surface area contributed by atoms with Crippen LogP contribution in [0, 0.1) is 20.2 Å². The molecule has 1 aromatic rings. The summed E-state index contributed by atoms with van der Waals surface area (Å²) in [5, 5.41) is 20.6. The molecule has 0 aliphatic rings. The summed E-state index contributed by atoms with van der Waals surface area (Å²) in [4.78, 5) is 29.2. The van der Waals surface area contributed by atoms with Gasteiger partial charge in [0.05, 0.1) is 15.9 Å². The Morgan fingerprint density at radius 2 is 1.43 bits per heavy atom. The quantitative estimate of drug-likeness (QED) is 0.527. The maximum Gasteiger partial charge on any atom is 0.277 e. The Kier molecular flexibility index (Phi) is 2.52. The molecule has 0 aliphatic carbocycles. The van der Waals surface area contributed by atoms with Crippen LogP contribution in [0.1, 0.15) is 5.56 Å². The molecule has 7 heteroatoms. The molecule has 0 fully saturated rings. The minimum absolute atomic E-state index is 0.217. The molecule has 0 atom stereocenters. The Labute approximate surface area is 77.3 Å². The zero-order valence-corrected chi connectivity index (χ0v) is 6.67. The zero-order chi connectivity index (χ0) is 10.7. The fourth-order valence-corrected chi connectivity index (χ4v) is 0.865. The standard InChI is InChI=1S/C7H3N2O5/c10-4-5-1-6(8(11)12)3-7(2-5)9(13)14/h1-3H. The second-order valence-corrected chi connectivity index (χ2v) is 2.35. The highest BCUT2D eigenvalue weighted by atomic mass is 16.6. The number of non-ortho nitro benzene ring substituents is 2. The smallest absolute Gasteiger partial charge is 0.277 e. The van der Waals surface area contributed by atoms with Gasteiger partial charge in [-0.25, -0.2) is 0 Å². The predicted octanol–water partition coefficient (Wildman–Crippen LogP) is 0.961. The molecule has 0 unspecified atom stereocenters. The van der Waals surface area contributed by atoms with E-state index in [1.807, 2.05) is 0 Å².